The van der Waals surface area contributed by atoms with Gasteiger partial charge in [0, 0.05) is 12.2 Å². The minimum Gasteiger partial charge on any atom is -0.341 e. The molecule has 0 spiro atoms. The fourth-order valence-electron chi connectivity index (χ4n) is 1.18. The molecule has 0 aromatic carbocycles. The normalized spacial score (nSPS) is 10.8. The fourth-order valence-corrected chi connectivity index (χ4v) is 2.07. The van der Waals surface area contributed by atoms with Gasteiger partial charge in [-0.15, -0.1) is 11.8 Å². The molecule has 0 unspecified atom stereocenters. The summed E-state index contributed by atoms with van der Waals surface area (Å²) in [6.07, 6.45) is 0.200. The number of imidazole rings is 1. The number of aromatic amines is 1. The molecular formula is C9H7F3N4S. The Morgan fingerprint density at radius 2 is 2.06 bits per heavy atom. The Balaban J connectivity index is 2.04. The van der Waals surface area contributed by atoms with Crippen LogP contribution < -0.4 is 0 Å². The highest BCUT2D eigenvalue weighted by Crippen LogP contribution is 2.24. The van der Waals surface area contributed by atoms with Gasteiger partial charge in [-0.2, -0.15) is 8.78 Å². The number of H-pyrrole nitrogens is 1. The van der Waals surface area contributed by atoms with Gasteiger partial charge in [0.2, 0.25) is 0 Å². The lowest BCUT2D eigenvalue weighted by molar-refractivity contribution is 0.373. The maximum absolute atomic E-state index is 12.5. The topological polar surface area (TPSA) is 54.5 Å². The molecule has 2 aromatic rings. The van der Waals surface area contributed by atoms with E-state index in [1.807, 2.05) is 0 Å². The molecular weight excluding hydrogens is 253 g/mol. The van der Waals surface area contributed by atoms with Crippen molar-refractivity contribution in [3.8, 4) is 0 Å². The highest BCUT2D eigenvalue weighted by atomic mass is 32.2. The van der Waals surface area contributed by atoms with Crippen LogP contribution in [0.4, 0.5) is 13.2 Å². The second-order valence-corrected chi connectivity index (χ2v) is 4.13. The first-order valence-electron chi connectivity index (χ1n) is 4.65. The number of nitrogens with one attached hydrogen (secondary N) is 1. The van der Waals surface area contributed by atoms with Crippen LogP contribution in [0.5, 0.6) is 0 Å². The largest absolute Gasteiger partial charge is 0.341 e. The number of halogens is 3. The quantitative estimate of drug-likeness (QED) is 0.678. The van der Waals surface area contributed by atoms with Crippen LogP contribution in [-0.2, 0) is 0 Å². The summed E-state index contributed by atoms with van der Waals surface area (Å²) in [5.74, 6) is -1.21. The molecule has 1 N–H and O–H groups in total. The average molecular weight is 260 g/mol. The third kappa shape index (κ3) is 2.76. The Morgan fingerprint density at radius 1 is 1.24 bits per heavy atom. The number of hydrogen-bond acceptors (Lipinski definition) is 4. The van der Waals surface area contributed by atoms with Gasteiger partial charge in [0.15, 0.2) is 11.5 Å². The number of rotatable bonds is 4. The van der Waals surface area contributed by atoms with Crippen molar-refractivity contribution in [3.05, 3.63) is 24.6 Å². The van der Waals surface area contributed by atoms with Crippen molar-refractivity contribution >= 4 is 22.9 Å². The number of fused-ring (bicyclic) bond motifs is 1. The number of allylic oxidation sites excluding steroid dienone is 1. The summed E-state index contributed by atoms with van der Waals surface area (Å²) < 4.78 is 36.2. The third-order valence-corrected chi connectivity index (χ3v) is 2.94. The van der Waals surface area contributed by atoms with Gasteiger partial charge in [-0.05, 0) is 0 Å². The summed E-state index contributed by atoms with van der Waals surface area (Å²) >= 11 is 1.17. The molecule has 2 rings (SSSR count). The fraction of sp³-hybridized carbons (Fsp3) is 0.222. The first-order valence-corrected chi connectivity index (χ1v) is 5.63. The van der Waals surface area contributed by atoms with E-state index < -0.39 is 11.9 Å². The number of hydrogen-bond donors (Lipinski definition) is 1. The van der Waals surface area contributed by atoms with Crippen molar-refractivity contribution < 1.29 is 13.2 Å². The molecule has 8 heteroatoms. The van der Waals surface area contributed by atoms with E-state index in [1.54, 1.807) is 0 Å². The molecule has 0 aliphatic rings. The molecule has 0 saturated carbocycles. The third-order valence-electron chi connectivity index (χ3n) is 1.95. The Hall–Kier alpha value is -1.57. The number of nitrogens with zero attached hydrogens (tertiary/aromatic N) is 3. The van der Waals surface area contributed by atoms with Crippen LogP contribution in [0.15, 0.2) is 29.6 Å². The molecule has 2 aromatic heterocycles. The predicted molar refractivity (Wildman–Crippen MR) is 57.4 cm³/mol. The Morgan fingerprint density at radius 3 is 2.82 bits per heavy atom. The molecule has 90 valence electrons. The zero-order chi connectivity index (χ0) is 12.3. The molecule has 0 amide bonds. The second-order valence-electron chi connectivity index (χ2n) is 3.04. The van der Waals surface area contributed by atoms with Crippen LogP contribution in [-0.4, -0.2) is 25.7 Å². The van der Waals surface area contributed by atoms with Gasteiger partial charge in [-0.25, -0.2) is 19.3 Å². The minimum absolute atomic E-state index is 0.175. The van der Waals surface area contributed by atoms with Crippen LogP contribution in [0.3, 0.4) is 0 Å². The monoisotopic (exact) mass is 260 g/mol. The smallest absolute Gasteiger partial charge is 0.301 e. The van der Waals surface area contributed by atoms with E-state index in [0.717, 1.165) is 0 Å². The zero-order valence-electron chi connectivity index (χ0n) is 8.45. The molecule has 0 bridgehead atoms. The summed E-state index contributed by atoms with van der Waals surface area (Å²) in [5.41, 5.74) is 1.12. The SMILES string of the molecule is FC(F)=C(F)CCSc1ncnc2nc[nH]c12. The van der Waals surface area contributed by atoms with E-state index in [-0.39, 0.29) is 12.2 Å². The van der Waals surface area contributed by atoms with Crippen LogP contribution in [0.2, 0.25) is 0 Å². The minimum atomic E-state index is -2.26. The second kappa shape index (κ2) is 5.17. The maximum atomic E-state index is 12.5. The molecule has 0 aliphatic heterocycles. The van der Waals surface area contributed by atoms with E-state index >= 15 is 0 Å². The van der Waals surface area contributed by atoms with E-state index in [2.05, 4.69) is 19.9 Å². The van der Waals surface area contributed by atoms with Crippen LogP contribution in [0, 0.1) is 0 Å². The van der Waals surface area contributed by atoms with Gasteiger partial charge in [0.05, 0.1) is 6.33 Å². The first kappa shape index (κ1) is 11.9. The Labute approximate surface area is 98.4 Å². The molecule has 0 atom stereocenters. The van der Waals surface area contributed by atoms with Gasteiger partial charge < -0.3 is 4.98 Å². The van der Waals surface area contributed by atoms with Crippen molar-refractivity contribution in [2.45, 2.75) is 11.4 Å². The molecule has 4 nitrogen and oxygen atoms in total. The lowest BCUT2D eigenvalue weighted by Crippen LogP contribution is -1.88. The molecule has 2 heterocycles. The summed E-state index contributed by atoms with van der Waals surface area (Å²) in [7, 11) is 0. The first-order chi connectivity index (χ1) is 8.18. The van der Waals surface area contributed by atoms with Gasteiger partial charge >= 0.3 is 6.08 Å². The molecule has 17 heavy (non-hydrogen) atoms. The summed E-state index contributed by atoms with van der Waals surface area (Å²) in [6, 6.07) is 0. The summed E-state index contributed by atoms with van der Waals surface area (Å²) in [4.78, 5) is 14.6. The highest BCUT2D eigenvalue weighted by molar-refractivity contribution is 7.99. The van der Waals surface area contributed by atoms with Gasteiger partial charge in [0.25, 0.3) is 0 Å². The Kier molecular flexibility index (Phi) is 3.62. The van der Waals surface area contributed by atoms with E-state index in [1.165, 1.54) is 24.4 Å². The van der Waals surface area contributed by atoms with Crippen molar-refractivity contribution in [3.63, 3.8) is 0 Å². The zero-order valence-corrected chi connectivity index (χ0v) is 9.27. The number of thioether (sulfide) groups is 1. The lowest BCUT2D eigenvalue weighted by atomic mass is 10.4. The van der Waals surface area contributed by atoms with Crippen LogP contribution >= 0.6 is 11.8 Å². The average Bonchev–Trinajstić information content (AvgIpc) is 2.77. The maximum Gasteiger partial charge on any atom is 0.301 e. The molecule has 0 fully saturated rings. The van der Waals surface area contributed by atoms with Crippen molar-refractivity contribution in [1.29, 1.82) is 0 Å². The molecule has 0 radical (unpaired) electrons. The van der Waals surface area contributed by atoms with E-state index in [9.17, 15) is 13.2 Å². The Bertz CT molecular complexity index is 550. The summed E-state index contributed by atoms with van der Waals surface area (Å²) in [5, 5.41) is 0.569. The predicted octanol–water partition coefficient (Wildman–Crippen LogP) is 2.91. The van der Waals surface area contributed by atoms with Gasteiger partial charge in [0.1, 0.15) is 16.9 Å². The van der Waals surface area contributed by atoms with Crippen molar-refractivity contribution in [2.75, 3.05) is 5.75 Å². The standard InChI is InChI=1S/C9H7F3N4S/c10-5(7(11)12)1-2-17-9-6-8(14-3-13-6)15-4-16-9/h3-4H,1-2H2,(H,13,14,15,16). The van der Waals surface area contributed by atoms with E-state index in [0.29, 0.717) is 16.2 Å². The van der Waals surface area contributed by atoms with Crippen molar-refractivity contribution in [2.24, 2.45) is 0 Å². The molecule has 0 saturated heterocycles. The summed E-state index contributed by atoms with van der Waals surface area (Å²) in [6.45, 7) is 0. The van der Waals surface area contributed by atoms with Crippen molar-refractivity contribution in [1.82, 2.24) is 19.9 Å². The van der Waals surface area contributed by atoms with Crippen LogP contribution in [0.1, 0.15) is 6.42 Å². The number of aromatic nitrogens is 4. The van der Waals surface area contributed by atoms with E-state index in [4.69, 9.17) is 0 Å². The van der Waals surface area contributed by atoms with Crippen LogP contribution in [0.25, 0.3) is 11.2 Å². The van der Waals surface area contributed by atoms with Gasteiger partial charge in [-0.1, -0.05) is 0 Å². The lowest BCUT2D eigenvalue weighted by Gasteiger charge is -1.99. The van der Waals surface area contributed by atoms with Gasteiger partial charge in [-0.3, -0.25) is 0 Å². The highest BCUT2D eigenvalue weighted by Gasteiger charge is 2.08. The molecule has 0 aliphatic carbocycles.